The van der Waals surface area contributed by atoms with Crippen molar-refractivity contribution in [3.05, 3.63) is 99.1 Å². The number of aromatic nitrogens is 6. The molecule has 0 aliphatic carbocycles. The number of para-hydroxylation sites is 1. The zero-order valence-corrected chi connectivity index (χ0v) is 23.0. The number of unbranched alkanes of at least 4 members (excludes halogenated alkanes) is 2. The number of benzene rings is 3. The summed E-state index contributed by atoms with van der Waals surface area (Å²) in [6, 6.07) is 22.0. The lowest BCUT2D eigenvalue weighted by Crippen LogP contribution is -2.25. The number of halogens is 1. The largest absolute Gasteiger partial charge is 0.495 e. The standard InChI is InChI=1S/C29H29BrN6O2/c1-3-4-5-9-22-19-36(27-25(30)12-8-13-26(27)38-2)29(37)35(22)18-20-14-16-21(17-15-20)23-10-6-7-11-24(23)28-31-33-34-32-28/h6-8,10-17,19H,3-5,9,18H2,1-2H3,(H,31,32,33,34). The van der Waals surface area contributed by atoms with Gasteiger partial charge < -0.3 is 4.74 Å². The molecule has 0 bridgehead atoms. The van der Waals surface area contributed by atoms with Crippen LogP contribution in [0.3, 0.4) is 0 Å². The van der Waals surface area contributed by atoms with E-state index in [1.807, 2.05) is 47.2 Å². The molecular weight excluding hydrogens is 544 g/mol. The van der Waals surface area contributed by atoms with Crippen LogP contribution in [0.5, 0.6) is 5.75 Å². The number of aryl methyl sites for hydroxylation is 1. The highest BCUT2D eigenvalue weighted by Crippen LogP contribution is 2.31. The van der Waals surface area contributed by atoms with Gasteiger partial charge in [-0.15, -0.1) is 5.10 Å². The zero-order chi connectivity index (χ0) is 26.5. The molecule has 0 saturated heterocycles. The van der Waals surface area contributed by atoms with Crippen LogP contribution in [0.2, 0.25) is 0 Å². The van der Waals surface area contributed by atoms with E-state index in [1.165, 1.54) is 0 Å². The third-order valence-corrected chi connectivity index (χ3v) is 7.28. The van der Waals surface area contributed by atoms with Crippen LogP contribution in [0.15, 0.2) is 82.2 Å². The maximum absolute atomic E-state index is 13.7. The van der Waals surface area contributed by atoms with Crippen LogP contribution >= 0.6 is 15.9 Å². The van der Waals surface area contributed by atoms with E-state index in [4.69, 9.17) is 4.74 Å². The molecule has 0 saturated carbocycles. The number of tetrazole rings is 1. The quantitative estimate of drug-likeness (QED) is 0.206. The first kappa shape index (κ1) is 25.7. The number of methoxy groups -OCH3 is 1. The second-order valence-electron chi connectivity index (χ2n) is 9.10. The lowest BCUT2D eigenvalue weighted by molar-refractivity contribution is 0.412. The Balaban J connectivity index is 1.49. The molecular formula is C29H29BrN6O2. The minimum Gasteiger partial charge on any atom is -0.495 e. The number of hydrogen-bond acceptors (Lipinski definition) is 5. The van der Waals surface area contributed by atoms with Crippen LogP contribution in [0.1, 0.15) is 37.4 Å². The minimum absolute atomic E-state index is 0.0889. The summed E-state index contributed by atoms with van der Waals surface area (Å²) in [7, 11) is 1.62. The molecule has 0 aliphatic rings. The van der Waals surface area contributed by atoms with Crippen LogP contribution < -0.4 is 10.4 Å². The summed E-state index contributed by atoms with van der Waals surface area (Å²) in [6.45, 7) is 2.66. The predicted molar refractivity (Wildman–Crippen MR) is 152 cm³/mol. The van der Waals surface area contributed by atoms with Gasteiger partial charge in [0.2, 0.25) is 0 Å². The summed E-state index contributed by atoms with van der Waals surface area (Å²) in [5.74, 6) is 1.26. The molecule has 0 amide bonds. The van der Waals surface area contributed by atoms with E-state index in [2.05, 4.69) is 73.8 Å². The van der Waals surface area contributed by atoms with Crippen molar-refractivity contribution in [1.29, 1.82) is 0 Å². The third kappa shape index (κ3) is 5.19. The Hall–Kier alpha value is -3.98. The summed E-state index contributed by atoms with van der Waals surface area (Å²) >= 11 is 3.61. The van der Waals surface area contributed by atoms with Crippen LogP contribution in [0.4, 0.5) is 0 Å². The van der Waals surface area contributed by atoms with E-state index >= 15 is 0 Å². The number of imidazole rings is 1. The minimum atomic E-state index is -0.0889. The fourth-order valence-electron chi connectivity index (χ4n) is 4.69. The average Bonchev–Trinajstić information content (AvgIpc) is 3.58. The summed E-state index contributed by atoms with van der Waals surface area (Å²) in [5, 5.41) is 14.3. The molecule has 194 valence electrons. The van der Waals surface area contributed by atoms with Gasteiger partial charge in [0.25, 0.3) is 0 Å². The average molecular weight is 573 g/mol. The highest BCUT2D eigenvalue weighted by molar-refractivity contribution is 9.10. The Morgan fingerprint density at radius 2 is 1.76 bits per heavy atom. The summed E-state index contributed by atoms with van der Waals surface area (Å²) < 4.78 is 9.95. The fourth-order valence-corrected chi connectivity index (χ4v) is 5.23. The zero-order valence-electron chi connectivity index (χ0n) is 21.4. The molecule has 38 heavy (non-hydrogen) atoms. The van der Waals surface area contributed by atoms with Crippen molar-refractivity contribution in [3.8, 4) is 34.0 Å². The number of nitrogens with one attached hydrogen (secondary N) is 1. The monoisotopic (exact) mass is 572 g/mol. The number of H-pyrrole nitrogens is 1. The Morgan fingerprint density at radius 3 is 2.47 bits per heavy atom. The fraction of sp³-hybridized carbons (Fsp3) is 0.241. The van der Waals surface area contributed by atoms with E-state index in [9.17, 15) is 4.79 Å². The van der Waals surface area contributed by atoms with Crippen molar-refractivity contribution >= 4 is 15.9 Å². The van der Waals surface area contributed by atoms with Crippen LogP contribution in [0, 0.1) is 0 Å². The van der Waals surface area contributed by atoms with Crippen LogP contribution in [0.25, 0.3) is 28.2 Å². The molecule has 5 rings (SSSR count). The SMILES string of the molecule is CCCCCc1cn(-c2c(Br)cccc2OC)c(=O)n1Cc1ccc(-c2ccccc2-c2nnn[nH]2)cc1. The highest BCUT2D eigenvalue weighted by atomic mass is 79.9. The number of rotatable bonds is 10. The number of hydrogen-bond donors (Lipinski definition) is 1. The number of ether oxygens (including phenoxy) is 1. The molecule has 2 aromatic heterocycles. The van der Waals surface area contributed by atoms with E-state index in [-0.39, 0.29) is 5.69 Å². The first-order valence-corrected chi connectivity index (χ1v) is 13.5. The van der Waals surface area contributed by atoms with Crippen molar-refractivity contribution in [1.82, 2.24) is 29.8 Å². The molecule has 1 N–H and O–H groups in total. The van der Waals surface area contributed by atoms with Gasteiger partial charge in [-0.05, 0) is 68.0 Å². The highest BCUT2D eigenvalue weighted by Gasteiger charge is 2.18. The van der Waals surface area contributed by atoms with Gasteiger partial charge >= 0.3 is 5.69 Å². The molecule has 0 aliphatic heterocycles. The van der Waals surface area contributed by atoms with Gasteiger partial charge in [-0.1, -0.05) is 74.4 Å². The number of aromatic amines is 1. The van der Waals surface area contributed by atoms with Gasteiger partial charge in [-0.2, -0.15) is 0 Å². The van der Waals surface area contributed by atoms with Gasteiger partial charge in [0.15, 0.2) is 5.82 Å². The lowest BCUT2D eigenvalue weighted by Gasteiger charge is -2.11. The topological polar surface area (TPSA) is 90.6 Å². The first-order valence-electron chi connectivity index (χ1n) is 12.7. The normalized spacial score (nSPS) is 11.1. The molecule has 2 heterocycles. The molecule has 0 atom stereocenters. The van der Waals surface area contributed by atoms with Crippen molar-refractivity contribution in [2.24, 2.45) is 0 Å². The molecule has 0 radical (unpaired) electrons. The molecule has 0 unspecified atom stereocenters. The van der Waals surface area contributed by atoms with Gasteiger partial charge in [0, 0.05) is 21.9 Å². The van der Waals surface area contributed by atoms with Gasteiger partial charge in [0.1, 0.15) is 11.4 Å². The maximum atomic E-state index is 13.7. The van der Waals surface area contributed by atoms with E-state index in [1.54, 1.807) is 11.7 Å². The Kier molecular flexibility index (Phi) is 7.83. The summed E-state index contributed by atoms with van der Waals surface area (Å²) in [6.07, 6.45) is 6.05. The summed E-state index contributed by atoms with van der Waals surface area (Å²) in [5.41, 5.74) is 5.68. The van der Waals surface area contributed by atoms with Gasteiger partial charge in [-0.25, -0.2) is 9.89 Å². The Bertz CT molecular complexity index is 1570. The van der Waals surface area contributed by atoms with Crippen molar-refractivity contribution in [3.63, 3.8) is 0 Å². The lowest BCUT2D eigenvalue weighted by atomic mass is 9.98. The van der Waals surface area contributed by atoms with E-state index < -0.39 is 0 Å². The van der Waals surface area contributed by atoms with E-state index in [0.717, 1.165) is 58.1 Å². The summed E-state index contributed by atoms with van der Waals surface area (Å²) in [4.78, 5) is 13.7. The second-order valence-corrected chi connectivity index (χ2v) is 9.95. The van der Waals surface area contributed by atoms with Gasteiger partial charge in [-0.3, -0.25) is 9.13 Å². The molecule has 5 aromatic rings. The molecule has 8 nitrogen and oxygen atoms in total. The smallest absolute Gasteiger partial charge is 0.333 e. The van der Waals surface area contributed by atoms with Crippen molar-refractivity contribution < 1.29 is 4.74 Å². The molecule has 0 spiro atoms. The van der Waals surface area contributed by atoms with Crippen LogP contribution in [-0.4, -0.2) is 36.9 Å². The first-order chi connectivity index (χ1) is 18.6. The number of nitrogens with zero attached hydrogens (tertiary/aromatic N) is 5. The van der Waals surface area contributed by atoms with Gasteiger partial charge in [0.05, 0.1) is 13.7 Å². The Labute approximate surface area is 229 Å². The van der Waals surface area contributed by atoms with E-state index in [0.29, 0.717) is 23.8 Å². The predicted octanol–water partition coefficient (Wildman–Crippen LogP) is 6.04. The second kappa shape index (κ2) is 11.6. The van der Waals surface area contributed by atoms with Crippen molar-refractivity contribution in [2.45, 2.75) is 39.2 Å². The third-order valence-electron chi connectivity index (χ3n) is 6.64. The van der Waals surface area contributed by atoms with Crippen molar-refractivity contribution in [2.75, 3.05) is 7.11 Å². The molecule has 3 aromatic carbocycles. The van der Waals surface area contributed by atoms with Crippen LogP contribution in [-0.2, 0) is 13.0 Å². The molecule has 9 heteroatoms. The Morgan fingerprint density at radius 1 is 0.974 bits per heavy atom. The maximum Gasteiger partial charge on any atom is 0.333 e. The molecule has 0 fully saturated rings.